The normalized spacial score (nSPS) is 14.3. The van der Waals surface area contributed by atoms with Crippen LogP contribution < -0.4 is 5.32 Å². The van der Waals surface area contributed by atoms with Crippen LogP contribution in [0.25, 0.3) is 0 Å². The van der Waals surface area contributed by atoms with Gasteiger partial charge in [0.2, 0.25) is 5.91 Å². The van der Waals surface area contributed by atoms with Crippen LogP contribution in [0.1, 0.15) is 22.6 Å². The summed E-state index contributed by atoms with van der Waals surface area (Å²) in [5.74, 6) is -1.10. The first-order valence-electron chi connectivity index (χ1n) is 7.98. The largest absolute Gasteiger partial charge is 0.433 e. The monoisotopic (exact) mass is 419 g/mol. The molecule has 3 heterocycles. The van der Waals surface area contributed by atoms with Gasteiger partial charge in [-0.05, 0) is 6.07 Å². The lowest BCUT2D eigenvalue weighted by atomic mass is 10.1. The van der Waals surface area contributed by atoms with E-state index in [0.29, 0.717) is 12.4 Å². The molecule has 0 fully saturated rings. The van der Waals surface area contributed by atoms with Crippen molar-refractivity contribution in [2.75, 3.05) is 18.4 Å². The first kappa shape index (κ1) is 20.4. The minimum Gasteiger partial charge on any atom is -0.360 e. The van der Waals surface area contributed by atoms with Gasteiger partial charge in [0.1, 0.15) is 29.5 Å². The highest BCUT2D eigenvalue weighted by atomic mass is 19.4. The molecule has 0 saturated heterocycles. The van der Waals surface area contributed by atoms with Gasteiger partial charge >= 0.3 is 12.4 Å². The molecule has 0 radical (unpaired) electrons. The number of alkyl halides is 6. The number of pyridine rings is 1. The molecule has 0 atom stereocenters. The van der Waals surface area contributed by atoms with E-state index in [4.69, 9.17) is 5.26 Å². The molecule has 3 rings (SSSR count). The zero-order chi connectivity index (χ0) is 21.4. The van der Waals surface area contributed by atoms with Gasteiger partial charge in [-0.2, -0.15) is 31.6 Å². The molecule has 29 heavy (non-hydrogen) atoms. The Kier molecular flexibility index (Phi) is 5.07. The van der Waals surface area contributed by atoms with E-state index in [-0.39, 0.29) is 19.2 Å². The molecule has 0 aromatic carbocycles. The number of hydrogen-bond acceptors (Lipinski definition) is 6. The molecule has 2 aromatic heterocycles. The third kappa shape index (κ3) is 4.23. The number of nitrogens with one attached hydrogen (secondary N) is 1. The number of rotatable bonds is 3. The van der Waals surface area contributed by atoms with Crippen molar-refractivity contribution in [3.8, 4) is 6.07 Å². The van der Waals surface area contributed by atoms with Crippen LogP contribution in [-0.2, 0) is 30.2 Å². The van der Waals surface area contributed by atoms with Crippen LogP contribution in [0.15, 0.2) is 12.4 Å². The quantitative estimate of drug-likeness (QED) is 0.765. The second kappa shape index (κ2) is 7.22. The first-order valence-corrected chi connectivity index (χ1v) is 7.98. The van der Waals surface area contributed by atoms with Gasteiger partial charge < -0.3 is 14.8 Å². The van der Waals surface area contributed by atoms with Crippen molar-refractivity contribution >= 4 is 11.7 Å². The highest BCUT2D eigenvalue weighted by molar-refractivity contribution is 5.81. The number of fused-ring (bicyclic) bond motifs is 1. The third-order valence-corrected chi connectivity index (χ3v) is 4.13. The van der Waals surface area contributed by atoms with Gasteiger partial charge in [0.05, 0.1) is 18.7 Å². The number of halogens is 6. The molecule has 1 amide bonds. The summed E-state index contributed by atoms with van der Waals surface area (Å²) in [7, 11) is 0. The summed E-state index contributed by atoms with van der Waals surface area (Å²) in [5, 5.41) is 18.7. The summed E-state index contributed by atoms with van der Waals surface area (Å²) in [6.07, 6.45) is -8.92. The van der Waals surface area contributed by atoms with E-state index < -0.39 is 47.4 Å². The maximum atomic E-state index is 13.1. The Morgan fingerprint density at radius 2 is 1.93 bits per heavy atom. The summed E-state index contributed by atoms with van der Waals surface area (Å²) in [5.41, 5.74) is -4.75. The van der Waals surface area contributed by atoms with Crippen LogP contribution in [0.3, 0.4) is 0 Å². The van der Waals surface area contributed by atoms with Gasteiger partial charge in [-0.1, -0.05) is 0 Å². The number of nitriles is 1. The predicted molar refractivity (Wildman–Crippen MR) is 82.9 cm³/mol. The molecule has 1 N–H and O–H groups in total. The SMILES string of the molecule is N#Cc1c(C(F)(F)F)cc(C(F)(F)F)nc1NCC(=O)N1CCn2cnnc2C1. The minimum absolute atomic E-state index is 0.0788. The second-order valence-corrected chi connectivity index (χ2v) is 6.00. The Labute approximate surface area is 158 Å². The molecule has 14 heteroatoms. The average Bonchev–Trinajstić information content (AvgIpc) is 3.11. The number of anilines is 1. The zero-order valence-electron chi connectivity index (χ0n) is 14.3. The van der Waals surface area contributed by atoms with E-state index in [0.717, 1.165) is 0 Å². The van der Waals surface area contributed by atoms with Crippen LogP contribution in [0, 0.1) is 11.3 Å². The van der Waals surface area contributed by atoms with Crippen LogP contribution in [0.4, 0.5) is 32.2 Å². The summed E-state index contributed by atoms with van der Waals surface area (Å²) in [6.45, 7) is 0.0574. The number of nitrogens with zero attached hydrogens (tertiary/aromatic N) is 6. The highest BCUT2D eigenvalue weighted by Crippen LogP contribution is 2.38. The lowest BCUT2D eigenvalue weighted by Crippen LogP contribution is -2.41. The molecule has 0 spiro atoms. The van der Waals surface area contributed by atoms with E-state index in [1.165, 1.54) is 17.3 Å². The number of carbonyl (C=O) groups is 1. The topological polar surface area (TPSA) is 99.7 Å². The van der Waals surface area contributed by atoms with Crippen molar-refractivity contribution < 1.29 is 31.1 Å². The predicted octanol–water partition coefficient (Wildman–Crippen LogP) is 2.04. The fourth-order valence-electron chi connectivity index (χ4n) is 2.71. The van der Waals surface area contributed by atoms with Crippen molar-refractivity contribution in [2.24, 2.45) is 0 Å². The van der Waals surface area contributed by atoms with Gasteiger partial charge in [-0.25, -0.2) is 4.98 Å². The average molecular weight is 419 g/mol. The van der Waals surface area contributed by atoms with E-state index in [1.807, 2.05) is 0 Å². The van der Waals surface area contributed by atoms with Crippen LogP contribution in [0.5, 0.6) is 0 Å². The number of aromatic nitrogens is 4. The van der Waals surface area contributed by atoms with Gasteiger partial charge in [-0.3, -0.25) is 4.79 Å². The molecule has 0 aliphatic carbocycles. The molecule has 2 aromatic rings. The Morgan fingerprint density at radius 1 is 1.21 bits per heavy atom. The fraction of sp³-hybridized carbons (Fsp3) is 0.400. The maximum Gasteiger partial charge on any atom is 0.433 e. The number of hydrogen-bond donors (Lipinski definition) is 1. The second-order valence-electron chi connectivity index (χ2n) is 6.00. The molecule has 1 aliphatic rings. The summed E-state index contributed by atoms with van der Waals surface area (Å²) < 4.78 is 79.9. The number of amides is 1. The molecule has 154 valence electrons. The Hall–Kier alpha value is -3.37. The van der Waals surface area contributed by atoms with Crippen molar-refractivity contribution in [3.63, 3.8) is 0 Å². The molecule has 0 bridgehead atoms. The smallest absolute Gasteiger partial charge is 0.360 e. The summed E-state index contributed by atoms with van der Waals surface area (Å²) >= 11 is 0. The maximum absolute atomic E-state index is 13.1. The third-order valence-electron chi connectivity index (χ3n) is 4.13. The highest BCUT2D eigenvalue weighted by Gasteiger charge is 2.41. The minimum atomic E-state index is -5.22. The van der Waals surface area contributed by atoms with Crippen molar-refractivity contribution in [3.05, 3.63) is 35.0 Å². The Balaban J connectivity index is 1.84. The van der Waals surface area contributed by atoms with E-state index >= 15 is 0 Å². The molecule has 0 unspecified atom stereocenters. The fourth-order valence-corrected chi connectivity index (χ4v) is 2.71. The first-order chi connectivity index (χ1) is 13.5. The van der Waals surface area contributed by atoms with Crippen LogP contribution in [0.2, 0.25) is 0 Å². The van der Waals surface area contributed by atoms with Crippen molar-refractivity contribution in [2.45, 2.75) is 25.4 Å². The van der Waals surface area contributed by atoms with Gasteiger partial charge in [0, 0.05) is 13.1 Å². The van der Waals surface area contributed by atoms with Crippen LogP contribution in [-0.4, -0.2) is 43.6 Å². The molecule has 1 aliphatic heterocycles. The van der Waals surface area contributed by atoms with E-state index in [9.17, 15) is 31.1 Å². The molecule has 0 saturated carbocycles. The Bertz CT molecular complexity index is 975. The zero-order valence-corrected chi connectivity index (χ0v) is 14.3. The van der Waals surface area contributed by atoms with Gasteiger partial charge in [-0.15, -0.1) is 10.2 Å². The van der Waals surface area contributed by atoms with Crippen molar-refractivity contribution in [1.82, 2.24) is 24.6 Å². The Morgan fingerprint density at radius 3 is 2.55 bits per heavy atom. The molecular formula is C15H11F6N7O. The summed E-state index contributed by atoms with van der Waals surface area (Å²) in [6, 6.07) is 0.970. The van der Waals surface area contributed by atoms with Gasteiger partial charge in [0.25, 0.3) is 0 Å². The lowest BCUT2D eigenvalue weighted by molar-refractivity contribution is -0.145. The molecule has 8 nitrogen and oxygen atoms in total. The van der Waals surface area contributed by atoms with E-state index in [2.05, 4.69) is 20.5 Å². The van der Waals surface area contributed by atoms with E-state index in [1.54, 1.807) is 4.57 Å². The number of carbonyl (C=O) groups excluding carboxylic acids is 1. The lowest BCUT2D eigenvalue weighted by Gasteiger charge is -2.27. The summed E-state index contributed by atoms with van der Waals surface area (Å²) in [4.78, 5) is 16.7. The van der Waals surface area contributed by atoms with Crippen molar-refractivity contribution in [1.29, 1.82) is 5.26 Å². The van der Waals surface area contributed by atoms with Crippen LogP contribution >= 0.6 is 0 Å². The molecular weight excluding hydrogens is 408 g/mol. The standard InChI is InChI=1S/C15H11F6N7O/c16-14(17,18)9-3-10(15(19,20)21)25-13(8(9)4-22)23-5-12(29)27-1-2-28-7-24-26-11(28)6-27/h3,7H,1-2,5-6H2,(H,23,25). The van der Waals surface area contributed by atoms with Gasteiger partial charge in [0.15, 0.2) is 5.82 Å².